The summed E-state index contributed by atoms with van der Waals surface area (Å²) in [6, 6.07) is -0.627. The highest BCUT2D eigenvalue weighted by Gasteiger charge is 2.33. The Morgan fingerprint density at radius 2 is 2.00 bits per heavy atom. The highest BCUT2D eigenvalue weighted by molar-refractivity contribution is 8.21. The van der Waals surface area contributed by atoms with Crippen molar-refractivity contribution in [1.29, 1.82) is 0 Å². The van der Waals surface area contributed by atoms with Crippen LogP contribution in [0.15, 0.2) is 5.10 Å². The number of hydrogen-bond acceptors (Lipinski definition) is 6. The number of nitrogens with one attached hydrogen (secondary N) is 1. The van der Waals surface area contributed by atoms with Gasteiger partial charge in [0.15, 0.2) is 0 Å². The fourth-order valence-electron chi connectivity index (χ4n) is 0.944. The Labute approximate surface area is 108 Å². The summed E-state index contributed by atoms with van der Waals surface area (Å²) >= 11 is 12.2. The van der Waals surface area contributed by atoms with Crippen molar-refractivity contribution in [3.63, 3.8) is 0 Å². The van der Waals surface area contributed by atoms with Crippen LogP contribution in [-0.2, 0) is 0 Å². The zero-order chi connectivity index (χ0) is 11.3. The van der Waals surface area contributed by atoms with E-state index in [4.69, 9.17) is 5.73 Å². The number of amides is 2. The Morgan fingerprint density at radius 1 is 1.47 bits per heavy atom. The molecule has 0 unspecified atom stereocenters. The second kappa shape index (κ2) is 6.17. The molecule has 1 heterocycles. The van der Waals surface area contributed by atoms with Crippen molar-refractivity contribution in [3.8, 4) is 0 Å². The molecule has 0 saturated carbocycles. The second-order valence-corrected chi connectivity index (χ2v) is 6.57. The molecule has 1 saturated heterocycles. The lowest BCUT2D eigenvalue weighted by Crippen LogP contribution is -2.35. The van der Waals surface area contributed by atoms with Crippen LogP contribution in [0.1, 0.15) is 0 Å². The van der Waals surface area contributed by atoms with Gasteiger partial charge < -0.3 is 5.73 Å². The largest absolute Gasteiger partial charge is 0.350 e. The molecule has 2 amide bonds. The van der Waals surface area contributed by atoms with Crippen molar-refractivity contribution in [2.45, 2.75) is 4.08 Å². The van der Waals surface area contributed by atoms with Crippen LogP contribution < -0.4 is 11.2 Å². The summed E-state index contributed by atoms with van der Waals surface area (Å²) < 4.78 is 0.0674. The van der Waals surface area contributed by atoms with Crippen LogP contribution in [0.5, 0.6) is 0 Å². The number of nitrogens with two attached hydrogens (primary N) is 1. The first-order valence-corrected chi connectivity index (χ1v) is 7.46. The molecular formula is C7H13N3OS4. The number of carbonyl (C=O) groups excluding carboxylic acids is 1. The van der Waals surface area contributed by atoms with E-state index in [1.54, 1.807) is 23.5 Å². The number of nitrogens with zero attached hydrogens (tertiary/aromatic N) is 1. The van der Waals surface area contributed by atoms with Crippen LogP contribution in [0.4, 0.5) is 4.79 Å². The predicted molar refractivity (Wildman–Crippen MR) is 75.5 cm³/mol. The van der Waals surface area contributed by atoms with Crippen molar-refractivity contribution in [2.24, 2.45) is 10.8 Å². The van der Waals surface area contributed by atoms with Gasteiger partial charge in [-0.1, -0.05) is 0 Å². The van der Waals surface area contributed by atoms with Gasteiger partial charge in [0.2, 0.25) is 0 Å². The van der Waals surface area contributed by atoms with Crippen molar-refractivity contribution in [1.82, 2.24) is 5.43 Å². The van der Waals surface area contributed by atoms with Crippen LogP contribution in [0.3, 0.4) is 0 Å². The summed E-state index contributed by atoms with van der Waals surface area (Å²) in [5.41, 5.74) is 8.09. The maximum atomic E-state index is 10.4. The van der Waals surface area contributed by atoms with Crippen LogP contribution in [0, 0.1) is 0 Å². The molecule has 1 rings (SSSR count). The van der Waals surface area contributed by atoms with Gasteiger partial charge in [-0.15, -0.1) is 23.5 Å². The molecule has 0 radical (unpaired) electrons. The predicted octanol–water partition coefficient (Wildman–Crippen LogP) is 1.05. The first kappa shape index (κ1) is 13.4. The first-order chi connectivity index (χ1) is 7.12. The quantitative estimate of drug-likeness (QED) is 0.462. The Hall–Kier alpha value is 0.340. The van der Waals surface area contributed by atoms with Gasteiger partial charge in [0.1, 0.15) is 0 Å². The molecule has 1 aliphatic rings. The Kier molecular flexibility index (Phi) is 5.51. The molecular weight excluding hydrogens is 270 g/mol. The zero-order valence-corrected chi connectivity index (χ0v) is 11.4. The summed E-state index contributed by atoms with van der Waals surface area (Å²) in [4.78, 5) is 10.4. The molecule has 3 N–H and O–H groups in total. The average molecular weight is 283 g/mol. The fourth-order valence-corrected chi connectivity index (χ4v) is 4.81. The van der Waals surface area contributed by atoms with Crippen LogP contribution in [0.25, 0.3) is 0 Å². The molecule has 86 valence electrons. The highest BCUT2D eigenvalue weighted by atomic mass is 32.2. The van der Waals surface area contributed by atoms with E-state index in [2.05, 4.69) is 35.8 Å². The molecule has 0 atom stereocenters. The summed E-state index contributed by atoms with van der Waals surface area (Å²) in [6.45, 7) is 0. The topological polar surface area (TPSA) is 67.5 Å². The third-order valence-electron chi connectivity index (χ3n) is 1.81. The molecule has 8 heteroatoms. The minimum absolute atomic E-state index is 0.0674. The van der Waals surface area contributed by atoms with Crippen LogP contribution >= 0.6 is 48.8 Å². The summed E-state index contributed by atoms with van der Waals surface area (Å²) in [6.07, 6.45) is 0. The first-order valence-electron chi connectivity index (χ1n) is 4.22. The van der Waals surface area contributed by atoms with Gasteiger partial charge in [0.05, 0.1) is 9.79 Å². The van der Waals surface area contributed by atoms with Crippen molar-refractivity contribution < 1.29 is 4.79 Å². The number of hydrogen-bond donors (Lipinski definition) is 4. The van der Waals surface area contributed by atoms with Gasteiger partial charge in [-0.25, -0.2) is 10.2 Å². The van der Waals surface area contributed by atoms with Gasteiger partial charge in [-0.3, -0.25) is 0 Å². The smallest absolute Gasteiger partial charge is 0.332 e. The number of carbonyl (C=O) groups is 1. The lowest BCUT2D eigenvalue weighted by Gasteiger charge is -2.33. The molecule has 0 bridgehead atoms. The highest BCUT2D eigenvalue weighted by Crippen LogP contribution is 2.42. The number of hydrazone groups is 1. The van der Waals surface area contributed by atoms with Crippen molar-refractivity contribution in [3.05, 3.63) is 0 Å². The molecule has 1 aliphatic heterocycles. The number of thiol groups is 2. The maximum absolute atomic E-state index is 10.4. The third kappa shape index (κ3) is 4.01. The fraction of sp³-hybridized carbons (Fsp3) is 0.714. The monoisotopic (exact) mass is 283 g/mol. The van der Waals surface area contributed by atoms with E-state index in [9.17, 15) is 4.79 Å². The molecule has 15 heavy (non-hydrogen) atoms. The molecule has 1 fully saturated rings. The summed E-state index contributed by atoms with van der Waals surface area (Å²) in [5, 5.41) is 3.92. The second-order valence-electron chi connectivity index (χ2n) is 2.96. The number of primary amides is 1. The van der Waals surface area contributed by atoms with E-state index in [-0.39, 0.29) is 4.08 Å². The summed E-state index contributed by atoms with van der Waals surface area (Å²) in [5.74, 6) is 3.13. The van der Waals surface area contributed by atoms with Gasteiger partial charge in [-0.2, -0.15) is 30.4 Å². The number of urea groups is 1. The van der Waals surface area contributed by atoms with E-state index in [1.807, 2.05) is 0 Å². The molecule has 4 nitrogen and oxygen atoms in total. The van der Waals surface area contributed by atoms with Gasteiger partial charge >= 0.3 is 6.03 Å². The van der Waals surface area contributed by atoms with Crippen LogP contribution in [-0.4, -0.2) is 38.8 Å². The Morgan fingerprint density at radius 3 is 2.40 bits per heavy atom. The van der Waals surface area contributed by atoms with E-state index in [0.717, 1.165) is 28.7 Å². The van der Waals surface area contributed by atoms with E-state index in [1.165, 1.54) is 0 Å². The van der Waals surface area contributed by atoms with E-state index < -0.39 is 6.03 Å². The number of rotatable bonds is 3. The summed E-state index contributed by atoms with van der Waals surface area (Å²) in [7, 11) is 0. The van der Waals surface area contributed by atoms with Gasteiger partial charge in [0.25, 0.3) is 0 Å². The lowest BCUT2D eigenvalue weighted by atomic mass is 10.5. The minimum Gasteiger partial charge on any atom is -0.350 e. The normalized spacial score (nSPS) is 19.7. The standard InChI is InChI=1S/C7H13N3OS4/c8-6(11)10-9-5-1-14-7(3-12,4-13)15-2-5/h12-13H,1-4H2,(H3,8,10,11). The van der Waals surface area contributed by atoms with Crippen molar-refractivity contribution in [2.75, 3.05) is 23.0 Å². The molecule has 0 aromatic rings. The molecule has 0 aliphatic carbocycles. The molecule has 0 spiro atoms. The minimum atomic E-state index is -0.627. The van der Waals surface area contributed by atoms with Gasteiger partial charge in [-0.05, 0) is 0 Å². The van der Waals surface area contributed by atoms with E-state index >= 15 is 0 Å². The third-order valence-corrected chi connectivity index (χ3v) is 7.04. The molecule has 0 aromatic heterocycles. The van der Waals surface area contributed by atoms with Gasteiger partial charge in [0, 0.05) is 23.0 Å². The average Bonchev–Trinajstić information content (AvgIpc) is 2.27. The number of thioether (sulfide) groups is 2. The SMILES string of the molecule is NC(=O)NN=C1CSC(CS)(CS)SC1. The zero-order valence-electron chi connectivity index (χ0n) is 7.97. The maximum Gasteiger partial charge on any atom is 0.332 e. The van der Waals surface area contributed by atoms with Crippen molar-refractivity contribution >= 4 is 60.5 Å². The van der Waals surface area contributed by atoms with E-state index in [0.29, 0.717) is 0 Å². The Bertz CT molecular complexity index is 255. The molecule has 0 aromatic carbocycles. The van der Waals surface area contributed by atoms with Crippen LogP contribution in [0.2, 0.25) is 0 Å². The Balaban J connectivity index is 2.48. The lowest BCUT2D eigenvalue weighted by molar-refractivity contribution is 0.249.